The standard InChI is InChI=1S/C15H21NO3/c1-5-14(17)16-12-9-15(2,3)19-13-7-6-10(18-4)8-11(12)13/h6-8,12H,5,9H2,1-4H3,(H,16,17)/t12-/m0/s1. The number of nitrogens with one attached hydrogen (secondary N) is 1. The maximum Gasteiger partial charge on any atom is 0.220 e. The van der Waals surface area contributed by atoms with Gasteiger partial charge in [0.2, 0.25) is 5.91 Å². The second-order valence-corrected chi connectivity index (χ2v) is 5.44. The molecular formula is C15H21NO3. The van der Waals surface area contributed by atoms with E-state index in [1.807, 2.05) is 39.0 Å². The third kappa shape index (κ3) is 3.00. The van der Waals surface area contributed by atoms with E-state index in [0.717, 1.165) is 23.5 Å². The molecule has 0 aromatic heterocycles. The molecule has 1 aromatic carbocycles. The van der Waals surface area contributed by atoms with Crippen LogP contribution < -0.4 is 14.8 Å². The largest absolute Gasteiger partial charge is 0.497 e. The van der Waals surface area contributed by atoms with E-state index in [1.165, 1.54) is 0 Å². The van der Waals surface area contributed by atoms with E-state index >= 15 is 0 Å². The molecular weight excluding hydrogens is 242 g/mol. The Labute approximate surface area is 114 Å². The van der Waals surface area contributed by atoms with Gasteiger partial charge in [0, 0.05) is 18.4 Å². The molecule has 0 saturated carbocycles. The highest BCUT2D eigenvalue weighted by molar-refractivity contribution is 5.76. The van der Waals surface area contributed by atoms with Gasteiger partial charge in [-0.05, 0) is 32.0 Å². The van der Waals surface area contributed by atoms with Crippen LogP contribution in [-0.4, -0.2) is 18.6 Å². The second-order valence-electron chi connectivity index (χ2n) is 5.44. The summed E-state index contributed by atoms with van der Waals surface area (Å²) in [4.78, 5) is 11.7. The van der Waals surface area contributed by atoms with Crippen LogP contribution in [0.2, 0.25) is 0 Å². The van der Waals surface area contributed by atoms with Crippen LogP contribution in [0.15, 0.2) is 18.2 Å². The Balaban J connectivity index is 2.36. The summed E-state index contributed by atoms with van der Waals surface area (Å²) < 4.78 is 11.2. The Bertz CT molecular complexity index is 482. The van der Waals surface area contributed by atoms with Crippen molar-refractivity contribution in [3.8, 4) is 11.5 Å². The van der Waals surface area contributed by atoms with Crippen molar-refractivity contribution in [2.45, 2.75) is 45.3 Å². The lowest BCUT2D eigenvalue weighted by Crippen LogP contribution is -2.41. The average molecular weight is 263 g/mol. The molecule has 19 heavy (non-hydrogen) atoms. The van der Waals surface area contributed by atoms with Gasteiger partial charge in [-0.1, -0.05) is 6.92 Å². The molecule has 4 heteroatoms. The molecule has 0 unspecified atom stereocenters. The van der Waals surface area contributed by atoms with Gasteiger partial charge in [0.1, 0.15) is 17.1 Å². The number of hydrogen-bond acceptors (Lipinski definition) is 3. The van der Waals surface area contributed by atoms with Gasteiger partial charge in [0.25, 0.3) is 0 Å². The summed E-state index contributed by atoms with van der Waals surface area (Å²) in [7, 11) is 1.63. The summed E-state index contributed by atoms with van der Waals surface area (Å²) in [6, 6.07) is 5.69. The first-order valence-corrected chi connectivity index (χ1v) is 6.61. The Kier molecular flexibility index (Phi) is 3.69. The van der Waals surface area contributed by atoms with Gasteiger partial charge in [0.05, 0.1) is 13.2 Å². The first-order chi connectivity index (χ1) is 8.95. The zero-order chi connectivity index (χ0) is 14.0. The minimum atomic E-state index is -0.284. The van der Waals surface area contributed by atoms with E-state index in [1.54, 1.807) is 7.11 Å². The van der Waals surface area contributed by atoms with Gasteiger partial charge in [-0.25, -0.2) is 0 Å². The summed E-state index contributed by atoms with van der Waals surface area (Å²) >= 11 is 0. The van der Waals surface area contributed by atoms with Crippen molar-refractivity contribution in [3.05, 3.63) is 23.8 Å². The molecule has 1 heterocycles. The molecule has 1 amide bonds. The summed E-state index contributed by atoms with van der Waals surface area (Å²) in [6.07, 6.45) is 1.23. The Morgan fingerprint density at radius 2 is 2.26 bits per heavy atom. The van der Waals surface area contributed by atoms with Gasteiger partial charge in [-0.2, -0.15) is 0 Å². The van der Waals surface area contributed by atoms with Crippen molar-refractivity contribution in [3.63, 3.8) is 0 Å². The summed E-state index contributed by atoms with van der Waals surface area (Å²) in [5.41, 5.74) is 0.702. The van der Waals surface area contributed by atoms with Crippen molar-refractivity contribution in [2.24, 2.45) is 0 Å². The monoisotopic (exact) mass is 263 g/mol. The van der Waals surface area contributed by atoms with Crippen molar-refractivity contribution in [2.75, 3.05) is 7.11 Å². The normalized spacial score (nSPS) is 20.1. The molecule has 1 aliphatic heterocycles. The maximum absolute atomic E-state index is 11.7. The minimum Gasteiger partial charge on any atom is -0.497 e. The lowest BCUT2D eigenvalue weighted by atomic mass is 9.89. The number of ether oxygens (including phenoxy) is 2. The first-order valence-electron chi connectivity index (χ1n) is 6.61. The van der Waals surface area contributed by atoms with Crippen LogP contribution >= 0.6 is 0 Å². The minimum absolute atomic E-state index is 0.0266. The van der Waals surface area contributed by atoms with Crippen LogP contribution in [0, 0.1) is 0 Å². The van der Waals surface area contributed by atoms with Crippen LogP contribution in [0.3, 0.4) is 0 Å². The molecule has 0 bridgehead atoms. The van der Waals surface area contributed by atoms with Gasteiger partial charge < -0.3 is 14.8 Å². The SMILES string of the molecule is CCC(=O)N[C@H]1CC(C)(C)Oc2ccc(OC)cc21. The van der Waals surface area contributed by atoms with E-state index in [9.17, 15) is 4.79 Å². The van der Waals surface area contributed by atoms with Crippen molar-refractivity contribution in [1.82, 2.24) is 5.32 Å². The van der Waals surface area contributed by atoms with Crippen LogP contribution in [0.1, 0.15) is 45.2 Å². The molecule has 0 saturated heterocycles. The van der Waals surface area contributed by atoms with E-state index < -0.39 is 0 Å². The van der Waals surface area contributed by atoms with E-state index in [0.29, 0.717) is 6.42 Å². The molecule has 1 aliphatic rings. The van der Waals surface area contributed by atoms with Crippen molar-refractivity contribution >= 4 is 5.91 Å². The van der Waals surface area contributed by atoms with Crippen molar-refractivity contribution < 1.29 is 14.3 Å². The highest BCUT2D eigenvalue weighted by atomic mass is 16.5. The summed E-state index contributed by atoms with van der Waals surface area (Å²) in [6.45, 7) is 5.92. The molecule has 1 aromatic rings. The highest BCUT2D eigenvalue weighted by Crippen LogP contribution is 2.41. The number of hydrogen-bond donors (Lipinski definition) is 1. The fourth-order valence-electron chi connectivity index (χ4n) is 2.38. The molecule has 0 radical (unpaired) electrons. The van der Waals surface area contributed by atoms with E-state index in [4.69, 9.17) is 9.47 Å². The summed E-state index contributed by atoms with van der Waals surface area (Å²) in [5.74, 6) is 1.65. The van der Waals surface area contributed by atoms with Crippen LogP contribution in [0.25, 0.3) is 0 Å². The number of methoxy groups -OCH3 is 1. The highest BCUT2D eigenvalue weighted by Gasteiger charge is 2.34. The topological polar surface area (TPSA) is 47.6 Å². The smallest absolute Gasteiger partial charge is 0.220 e. The zero-order valence-corrected chi connectivity index (χ0v) is 11.9. The summed E-state index contributed by atoms with van der Waals surface area (Å²) in [5, 5.41) is 3.06. The quantitative estimate of drug-likeness (QED) is 0.912. The molecule has 1 N–H and O–H groups in total. The molecule has 2 rings (SSSR count). The fourth-order valence-corrected chi connectivity index (χ4v) is 2.38. The lowest BCUT2D eigenvalue weighted by molar-refractivity contribution is -0.122. The number of rotatable bonds is 3. The van der Waals surface area contributed by atoms with Gasteiger partial charge >= 0.3 is 0 Å². The lowest BCUT2D eigenvalue weighted by Gasteiger charge is -2.38. The predicted octanol–water partition coefficient (Wildman–Crippen LogP) is 2.82. The third-order valence-corrected chi connectivity index (χ3v) is 3.33. The number of amides is 1. The zero-order valence-electron chi connectivity index (χ0n) is 11.9. The molecule has 0 fully saturated rings. The van der Waals surface area contributed by atoms with Crippen LogP contribution in [0.5, 0.6) is 11.5 Å². The Morgan fingerprint density at radius 3 is 2.89 bits per heavy atom. The van der Waals surface area contributed by atoms with Gasteiger partial charge in [-0.3, -0.25) is 4.79 Å². The van der Waals surface area contributed by atoms with E-state index in [2.05, 4.69) is 5.32 Å². The second kappa shape index (κ2) is 5.11. The first kappa shape index (κ1) is 13.7. The molecule has 1 atom stereocenters. The molecule has 104 valence electrons. The third-order valence-electron chi connectivity index (χ3n) is 3.33. The number of fused-ring (bicyclic) bond motifs is 1. The number of carbonyl (C=O) groups is 1. The number of carbonyl (C=O) groups excluding carboxylic acids is 1. The Hall–Kier alpha value is -1.71. The molecule has 0 spiro atoms. The van der Waals surface area contributed by atoms with Crippen LogP contribution in [-0.2, 0) is 4.79 Å². The van der Waals surface area contributed by atoms with Gasteiger partial charge in [-0.15, -0.1) is 0 Å². The number of benzene rings is 1. The van der Waals surface area contributed by atoms with Crippen LogP contribution in [0.4, 0.5) is 0 Å². The molecule has 0 aliphatic carbocycles. The van der Waals surface area contributed by atoms with Crippen molar-refractivity contribution in [1.29, 1.82) is 0 Å². The average Bonchev–Trinajstić information content (AvgIpc) is 2.37. The van der Waals surface area contributed by atoms with Gasteiger partial charge in [0.15, 0.2) is 0 Å². The Morgan fingerprint density at radius 1 is 1.53 bits per heavy atom. The fraction of sp³-hybridized carbons (Fsp3) is 0.533. The maximum atomic E-state index is 11.7. The predicted molar refractivity (Wildman–Crippen MR) is 73.5 cm³/mol. The molecule has 4 nitrogen and oxygen atoms in total. The van der Waals surface area contributed by atoms with E-state index in [-0.39, 0.29) is 17.6 Å².